The van der Waals surface area contributed by atoms with Crippen molar-refractivity contribution in [2.24, 2.45) is 0 Å². The third-order valence-electron chi connectivity index (χ3n) is 0.985. The lowest BCUT2D eigenvalue weighted by Gasteiger charge is -1.93. The van der Waals surface area contributed by atoms with E-state index >= 15 is 0 Å². The van der Waals surface area contributed by atoms with E-state index in [0.29, 0.717) is 5.76 Å². The predicted octanol–water partition coefficient (Wildman–Crippen LogP) is 2.77. The van der Waals surface area contributed by atoms with Crippen molar-refractivity contribution in [1.82, 2.24) is 0 Å². The molecule has 0 aromatic heterocycles. The van der Waals surface area contributed by atoms with Crippen LogP contribution >= 0.6 is 0 Å². The summed E-state index contributed by atoms with van der Waals surface area (Å²) in [7, 11) is 0. The number of esters is 1. The van der Waals surface area contributed by atoms with Crippen molar-refractivity contribution in [3.8, 4) is 0 Å². The van der Waals surface area contributed by atoms with Crippen LogP contribution in [-0.2, 0) is 9.53 Å². The number of benzene rings is 1. The summed E-state index contributed by atoms with van der Waals surface area (Å²) in [6.07, 6.45) is 0. The highest BCUT2D eigenvalue weighted by Crippen LogP contribution is 1.87. The van der Waals surface area contributed by atoms with Gasteiger partial charge in [-0.3, -0.25) is 4.79 Å². The molecule has 0 spiro atoms. The van der Waals surface area contributed by atoms with Crippen molar-refractivity contribution >= 4 is 5.97 Å². The van der Waals surface area contributed by atoms with E-state index in [1.807, 2.05) is 36.4 Å². The molecule has 0 N–H and O–H groups in total. The van der Waals surface area contributed by atoms with Gasteiger partial charge in [-0.15, -0.1) is 0 Å². The van der Waals surface area contributed by atoms with Crippen LogP contribution in [0.2, 0.25) is 0 Å². The van der Waals surface area contributed by atoms with Gasteiger partial charge in [0.15, 0.2) is 0 Å². The molecule has 0 aliphatic carbocycles. The van der Waals surface area contributed by atoms with E-state index in [1.165, 1.54) is 6.92 Å². The largest absolute Gasteiger partial charge is 0.432 e. The first-order valence-electron chi connectivity index (χ1n) is 3.97. The van der Waals surface area contributed by atoms with Crippen LogP contribution in [0.3, 0.4) is 0 Å². The molecule has 2 heteroatoms. The maximum Gasteiger partial charge on any atom is 0.307 e. The number of carbonyl (C=O) groups is 1. The molecule has 0 aliphatic rings. The van der Waals surface area contributed by atoms with Gasteiger partial charge in [0.1, 0.15) is 0 Å². The first kappa shape index (κ1) is 11.4. The first-order chi connectivity index (χ1) is 6.13. The van der Waals surface area contributed by atoms with Crippen molar-refractivity contribution < 1.29 is 9.53 Å². The summed E-state index contributed by atoms with van der Waals surface area (Å²) in [6.45, 7) is 6.32. The summed E-state index contributed by atoms with van der Waals surface area (Å²) >= 11 is 0. The Morgan fingerprint density at radius 1 is 1.00 bits per heavy atom. The Labute approximate surface area is 78.8 Å². The number of hydrogen-bond acceptors (Lipinski definition) is 2. The summed E-state index contributed by atoms with van der Waals surface area (Å²) < 4.78 is 4.42. The van der Waals surface area contributed by atoms with Crippen LogP contribution in [0.25, 0.3) is 0 Å². The zero-order valence-corrected chi connectivity index (χ0v) is 7.99. The average Bonchev–Trinajstić information content (AvgIpc) is 2.06. The van der Waals surface area contributed by atoms with Crippen molar-refractivity contribution in [3.05, 3.63) is 48.7 Å². The van der Waals surface area contributed by atoms with Gasteiger partial charge in [0.2, 0.25) is 0 Å². The Morgan fingerprint density at radius 3 is 1.38 bits per heavy atom. The van der Waals surface area contributed by atoms with Gasteiger partial charge in [-0.2, -0.15) is 0 Å². The van der Waals surface area contributed by atoms with E-state index in [4.69, 9.17) is 0 Å². The van der Waals surface area contributed by atoms with Crippen molar-refractivity contribution in [3.63, 3.8) is 0 Å². The molecule has 1 rings (SSSR count). The minimum atomic E-state index is -0.312. The number of rotatable bonds is 1. The predicted molar refractivity (Wildman–Crippen MR) is 53.0 cm³/mol. The maximum absolute atomic E-state index is 9.97. The summed E-state index contributed by atoms with van der Waals surface area (Å²) in [5.41, 5.74) is 0. The van der Waals surface area contributed by atoms with E-state index in [9.17, 15) is 4.79 Å². The normalized spacial score (nSPS) is 7.85. The van der Waals surface area contributed by atoms with Gasteiger partial charge in [-0.1, -0.05) is 43.0 Å². The fraction of sp³-hybridized carbons (Fsp3) is 0.182. The summed E-state index contributed by atoms with van der Waals surface area (Å²) in [5.74, 6) is 0.125. The zero-order valence-electron chi connectivity index (χ0n) is 7.99. The standard InChI is InChI=1S/C6H6.C5H8O2/c1-2-4-6-5-3-1;1-4(2)7-5(3)6/h1-6H;1H2,2-3H3. The topological polar surface area (TPSA) is 26.3 Å². The Kier molecular flexibility index (Phi) is 6.24. The quantitative estimate of drug-likeness (QED) is 0.488. The van der Waals surface area contributed by atoms with Crippen LogP contribution in [0.5, 0.6) is 0 Å². The molecule has 13 heavy (non-hydrogen) atoms. The van der Waals surface area contributed by atoms with Crippen molar-refractivity contribution in [1.29, 1.82) is 0 Å². The molecule has 0 bridgehead atoms. The number of carbonyl (C=O) groups excluding carboxylic acids is 1. The van der Waals surface area contributed by atoms with Crippen LogP contribution in [0, 0.1) is 0 Å². The molecule has 0 atom stereocenters. The molecular formula is C11H14O2. The molecule has 0 saturated carbocycles. The molecule has 70 valence electrons. The lowest BCUT2D eigenvalue weighted by atomic mass is 10.4. The van der Waals surface area contributed by atoms with Crippen molar-refractivity contribution in [2.45, 2.75) is 13.8 Å². The molecule has 0 heterocycles. The highest BCUT2D eigenvalue weighted by atomic mass is 16.5. The Bertz CT molecular complexity index is 213. The van der Waals surface area contributed by atoms with E-state index in [2.05, 4.69) is 11.3 Å². The van der Waals surface area contributed by atoms with Gasteiger partial charge in [-0.25, -0.2) is 0 Å². The number of hydrogen-bond donors (Lipinski definition) is 0. The maximum atomic E-state index is 9.97. The third kappa shape index (κ3) is 10.4. The van der Waals surface area contributed by atoms with E-state index in [1.54, 1.807) is 6.92 Å². The second kappa shape index (κ2) is 7.10. The molecule has 0 aliphatic heterocycles. The molecule has 1 aromatic carbocycles. The second-order valence-corrected chi connectivity index (χ2v) is 2.45. The fourth-order valence-electron chi connectivity index (χ4n) is 0.630. The van der Waals surface area contributed by atoms with Crippen LogP contribution in [-0.4, -0.2) is 5.97 Å². The van der Waals surface area contributed by atoms with E-state index < -0.39 is 0 Å². The first-order valence-corrected chi connectivity index (χ1v) is 3.97. The number of ether oxygens (including phenoxy) is 1. The Balaban J connectivity index is 0.000000223. The van der Waals surface area contributed by atoms with Gasteiger partial charge < -0.3 is 4.74 Å². The highest BCUT2D eigenvalue weighted by molar-refractivity contribution is 5.67. The Morgan fingerprint density at radius 2 is 1.31 bits per heavy atom. The van der Waals surface area contributed by atoms with Gasteiger partial charge in [0.25, 0.3) is 0 Å². The molecule has 0 saturated heterocycles. The van der Waals surface area contributed by atoms with Crippen LogP contribution in [0.4, 0.5) is 0 Å². The van der Waals surface area contributed by atoms with E-state index in [-0.39, 0.29) is 5.97 Å². The molecule has 2 nitrogen and oxygen atoms in total. The lowest BCUT2D eigenvalue weighted by Crippen LogP contribution is -1.93. The molecule has 1 aromatic rings. The molecule has 0 unspecified atom stereocenters. The SMILES string of the molecule is C=C(C)OC(C)=O.c1ccccc1. The third-order valence-corrected chi connectivity index (χ3v) is 0.985. The molecule has 0 radical (unpaired) electrons. The smallest absolute Gasteiger partial charge is 0.307 e. The minimum Gasteiger partial charge on any atom is -0.432 e. The summed E-state index contributed by atoms with van der Waals surface area (Å²) in [6, 6.07) is 12.0. The minimum absolute atomic E-state index is 0.312. The van der Waals surface area contributed by atoms with Crippen LogP contribution in [0.15, 0.2) is 48.7 Å². The summed E-state index contributed by atoms with van der Waals surface area (Å²) in [5, 5.41) is 0. The van der Waals surface area contributed by atoms with Crippen LogP contribution in [0.1, 0.15) is 13.8 Å². The zero-order chi connectivity index (χ0) is 10.1. The fourth-order valence-corrected chi connectivity index (χ4v) is 0.630. The molecule has 0 fully saturated rings. The van der Waals surface area contributed by atoms with Crippen LogP contribution < -0.4 is 0 Å². The van der Waals surface area contributed by atoms with Gasteiger partial charge >= 0.3 is 5.97 Å². The Hall–Kier alpha value is -1.57. The number of allylic oxidation sites excluding steroid dienone is 1. The molecular weight excluding hydrogens is 164 g/mol. The van der Waals surface area contributed by atoms with Crippen molar-refractivity contribution in [2.75, 3.05) is 0 Å². The van der Waals surface area contributed by atoms with Gasteiger partial charge in [-0.05, 0) is 6.92 Å². The molecule has 0 amide bonds. The average molecular weight is 178 g/mol. The highest BCUT2D eigenvalue weighted by Gasteiger charge is 1.87. The lowest BCUT2D eigenvalue weighted by molar-refractivity contribution is -0.136. The van der Waals surface area contributed by atoms with Gasteiger partial charge in [0, 0.05) is 6.92 Å². The van der Waals surface area contributed by atoms with Gasteiger partial charge in [0.05, 0.1) is 5.76 Å². The van der Waals surface area contributed by atoms with E-state index in [0.717, 1.165) is 0 Å². The summed E-state index contributed by atoms with van der Waals surface area (Å²) in [4.78, 5) is 9.97. The second-order valence-electron chi connectivity index (χ2n) is 2.45. The monoisotopic (exact) mass is 178 g/mol.